The van der Waals surface area contributed by atoms with Gasteiger partial charge in [0.05, 0.1) is 4.92 Å². The van der Waals surface area contributed by atoms with Crippen molar-refractivity contribution in [3.05, 3.63) is 20.2 Å². The summed E-state index contributed by atoms with van der Waals surface area (Å²) in [7, 11) is 0. The predicted molar refractivity (Wildman–Crippen MR) is 30.9 cm³/mol. The number of nitro groups is 2. The van der Waals surface area contributed by atoms with Crippen LogP contribution in [0, 0.1) is 20.2 Å². The van der Waals surface area contributed by atoms with Crippen molar-refractivity contribution in [2.45, 2.75) is 12.6 Å². The first-order chi connectivity index (χ1) is 5.11. The number of oxime groups is 1. The summed E-state index contributed by atoms with van der Waals surface area (Å²) in [6, 6.07) is 0. The molecule has 0 fully saturated rings. The van der Waals surface area contributed by atoms with Crippen LogP contribution in [-0.4, -0.2) is 21.9 Å². The van der Waals surface area contributed by atoms with Crippen molar-refractivity contribution in [2.75, 3.05) is 0 Å². The molecule has 0 aromatic heterocycles. The highest BCUT2D eigenvalue weighted by Crippen LogP contribution is 2.10. The molecule has 8 heteroatoms. The first kappa shape index (κ1) is 7.38. The summed E-state index contributed by atoms with van der Waals surface area (Å²) >= 11 is 0. The van der Waals surface area contributed by atoms with Gasteiger partial charge in [0.25, 0.3) is 0 Å². The third kappa shape index (κ3) is 1.39. The number of hydrogen-bond donors (Lipinski definition) is 0. The van der Waals surface area contributed by atoms with Crippen molar-refractivity contribution in [1.82, 2.24) is 0 Å². The quantitative estimate of drug-likeness (QED) is 0.384. The van der Waals surface area contributed by atoms with Crippen molar-refractivity contribution in [1.29, 1.82) is 0 Å². The Morgan fingerprint density at radius 3 is 2.45 bits per heavy atom. The maximum atomic E-state index is 9.95. The maximum Gasteiger partial charge on any atom is 0.409 e. The molecule has 1 unspecified atom stereocenters. The molecule has 0 spiro atoms. The van der Waals surface area contributed by atoms with E-state index < -0.39 is 21.9 Å². The van der Waals surface area contributed by atoms with Crippen molar-refractivity contribution in [3.63, 3.8) is 0 Å². The number of amidine groups is 1. The fraction of sp³-hybridized carbons (Fsp3) is 0.667. The van der Waals surface area contributed by atoms with Crippen molar-refractivity contribution < 1.29 is 14.7 Å². The molecule has 0 amide bonds. The van der Waals surface area contributed by atoms with Crippen molar-refractivity contribution >= 4 is 5.84 Å². The van der Waals surface area contributed by atoms with E-state index in [0.29, 0.717) is 0 Å². The van der Waals surface area contributed by atoms with Crippen LogP contribution in [0.3, 0.4) is 0 Å². The molecular formula is C3H3N3O5. The Kier molecular flexibility index (Phi) is 1.66. The minimum atomic E-state index is -1.39. The van der Waals surface area contributed by atoms with Crippen LogP contribution in [0.1, 0.15) is 6.42 Å². The van der Waals surface area contributed by atoms with Gasteiger partial charge in [0, 0.05) is 0 Å². The smallest absolute Gasteiger partial charge is 0.358 e. The van der Waals surface area contributed by atoms with Gasteiger partial charge in [-0.05, 0) is 4.92 Å². The lowest BCUT2D eigenvalue weighted by Crippen LogP contribution is -2.20. The molecular weight excluding hydrogens is 158 g/mol. The maximum absolute atomic E-state index is 9.95. The van der Waals surface area contributed by atoms with Crippen LogP contribution in [0.4, 0.5) is 0 Å². The fourth-order valence-corrected chi connectivity index (χ4v) is 0.573. The molecule has 0 radical (unpaired) electrons. The second kappa shape index (κ2) is 2.48. The van der Waals surface area contributed by atoms with E-state index >= 15 is 0 Å². The van der Waals surface area contributed by atoms with Crippen LogP contribution in [0.15, 0.2) is 5.16 Å². The summed E-state index contributed by atoms with van der Waals surface area (Å²) in [5, 5.41) is 22.8. The number of rotatable bonds is 1. The Bertz CT molecular complexity index is 235. The summed E-state index contributed by atoms with van der Waals surface area (Å²) in [6.45, 7) is 0. The molecule has 1 rings (SSSR count). The summed E-state index contributed by atoms with van der Waals surface area (Å²) in [4.78, 5) is 22.5. The van der Waals surface area contributed by atoms with Gasteiger partial charge in [0.2, 0.25) is 0 Å². The lowest BCUT2D eigenvalue weighted by molar-refractivity contribution is -0.571. The van der Waals surface area contributed by atoms with E-state index in [4.69, 9.17) is 0 Å². The predicted octanol–water partition coefficient (Wildman–Crippen LogP) is -0.400. The molecule has 0 aliphatic carbocycles. The van der Waals surface area contributed by atoms with Crippen molar-refractivity contribution in [2.24, 2.45) is 5.16 Å². The van der Waals surface area contributed by atoms with Gasteiger partial charge in [0.1, 0.15) is 0 Å². The van der Waals surface area contributed by atoms with E-state index in [1.807, 2.05) is 0 Å². The highest BCUT2D eigenvalue weighted by atomic mass is 16.7. The minimum Gasteiger partial charge on any atom is -0.358 e. The summed E-state index contributed by atoms with van der Waals surface area (Å²) in [5.74, 6) is -0.508. The van der Waals surface area contributed by atoms with Gasteiger partial charge in [-0.15, -0.1) is 0 Å². The zero-order valence-electron chi connectivity index (χ0n) is 5.17. The highest BCUT2D eigenvalue weighted by molar-refractivity contribution is 5.74. The Morgan fingerprint density at radius 2 is 2.18 bits per heavy atom. The van der Waals surface area contributed by atoms with Crippen LogP contribution < -0.4 is 0 Å². The topological polar surface area (TPSA) is 108 Å². The normalized spacial score (nSPS) is 22.2. The van der Waals surface area contributed by atoms with E-state index in [-0.39, 0.29) is 6.42 Å². The summed E-state index contributed by atoms with van der Waals surface area (Å²) in [6.07, 6.45) is -1.77. The molecule has 0 bridgehead atoms. The number of hydrogen-bond acceptors (Lipinski definition) is 6. The molecule has 0 N–H and O–H groups in total. The SMILES string of the molecule is O=[N+]([O-])C1=NOC([N+](=O)[O-])C1. The molecule has 8 nitrogen and oxygen atoms in total. The zero-order chi connectivity index (χ0) is 8.43. The molecule has 1 heterocycles. The van der Waals surface area contributed by atoms with Crippen LogP contribution in [0.5, 0.6) is 0 Å². The molecule has 1 aliphatic heterocycles. The summed E-state index contributed by atoms with van der Waals surface area (Å²) in [5.41, 5.74) is 0. The van der Waals surface area contributed by atoms with E-state index in [0.717, 1.165) is 0 Å². The zero-order valence-corrected chi connectivity index (χ0v) is 5.17. The van der Waals surface area contributed by atoms with Gasteiger partial charge >= 0.3 is 12.1 Å². The Morgan fingerprint density at radius 1 is 1.55 bits per heavy atom. The lowest BCUT2D eigenvalue weighted by atomic mass is 10.4. The van der Waals surface area contributed by atoms with Gasteiger partial charge in [-0.1, -0.05) is 0 Å². The van der Waals surface area contributed by atoms with E-state index in [9.17, 15) is 20.2 Å². The largest absolute Gasteiger partial charge is 0.409 e. The van der Waals surface area contributed by atoms with Gasteiger partial charge in [-0.2, -0.15) is 0 Å². The molecule has 1 atom stereocenters. The third-order valence-corrected chi connectivity index (χ3v) is 1.08. The van der Waals surface area contributed by atoms with Crippen LogP contribution in [-0.2, 0) is 4.84 Å². The van der Waals surface area contributed by atoms with Gasteiger partial charge < -0.3 is 10.1 Å². The molecule has 0 saturated heterocycles. The van der Waals surface area contributed by atoms with Crippen LogP contribution in [0.25, 0.3) is 0 Å². The van der Waals surface area contributed by atoms with Gasteiger partial charge in [-0.3, -0.25) is 10.1 Å². The third-order valence-electron chi connectivity index (χ3n) is 1.08. The molecule has 0 aromatic rings. The minimum absolute atomic E-state index is 0.375. The number of nitrogens with zero attached hydrogens (tertiary/aromatic N) is 3. The van der Waals surface area contributed by atoms with Crippen LogP contribution in [0.2, 0.25) is 0 Å². The Labute approximate surface area is 59.7 Å². The molecule has 1 aliphatic rings. The van der Waals surface area contributed by atoms with Gasteiger partial charge in [0.15, 0.2) is 11.6 Å². The fourth-order valence-electron chi connectivity index (χ4n) is 0.573. The highest BCUT2D eigenvalue weighted by Gasteiger charge is 2.39. The van der Waals surface area contributed by atoms with Crippen molar-refractivity contribution in [3.8, 4) is 0 Å². The van der Waals surface area contributed by atoms with Gasteiger partial charge in [-0.25, -0.2) is 4.84 Å². The molecule has 0 saturated carbocycles. The average Bonchev–Trinajstić information content (AvgIpc) is 2.33. The van der Waals surface area contributed by atoms with E-state index in [1.165, 1.54) is 0 Å². The first-order valence-electron chi connectivity index (χ1n) is 2.62. The lowest BCUT2D eigenvalue weighted by Gasteiger charge is -1.91. The van der Waals surface area contributed by atoms with E-state index in [2.05, 4.69) is 9.99 Å². The molecule has 11 heavy (non-hydrogen) atoms. The Balaban J connectivity index is 2.56. The van der Waals surface area contributed by atoms with E-state index in [1.54, 1.807) is 0 Å². The Hall–Kier alpha value is -1.73. The van der Waals surface area contributed by atoms with Crippen LogP contribution >= 0.6 is 0 Å². The molecule has 60 valence electrons. The average molecular weight is 161 g/mol. The second-order valence-electron chi connectivity index (χ2n) is 1.81. The first-order valence-corrected chi connectivity index (χ1v) is 2.62. The summed E-state index contributed by atoms with van der Waals surface area (Å²) < 4.78 is 0. The standard InChI is InChI=1S/C3H3N3O5/c7-5(8)2-1-3(6(9)10)11-4-2/h3H,1H2. The molecule has 0 aromatic carbocycles. The second-order valence-corrected chi connectivity index (χ2v) is 1.81. The monoisotopic (exact) mass is 161 g/mol.